The van der Waals surface area contributed by atoms with E-state index >= 15 is 0 Å². The molecule has 21 heavy (non-hydrogen) atoms. The monoisotopic (exact) mass is 426 g/mol. The van der Waals surface area contributed by atoms with Gasteiger partial charge >= 0.3 is 0 Å². The lowest BCUT2D eigenvalue weighted by atomic mass is 10.3. The van der Waals surface area contributed by atoms with Crippen LogP contribution in [0.5, 0.6) is 0 Å². The van der Waals surface area contributed by atoms with Crippen molar-refractivity contribution in [3.63, 3.8) is 0 Å². The summed E-state index contributed by atoms with van der Waals surface area (Å²) in [6.45, 7) is 0. The maximum atomic E-state index is 5.96. The lowest BCUT2D eigenvalue weighted by molar-refractivity contribution is 1.31. The molecule has 106 valence electrons. The largest absolute Gasteiger partial charge is 0.346 e. The Kier molecular flexibility index (Phi) is 4.28. The first-order valence-corrected chi connectivity index (χ1v) is 7.97. The number of nitrogens with one attached hydrogen (secondary N) is 2. The quantitative estimate of drug-likeness (QED) is 0.399. The van der Waals surface area contributed by atoms with Gasteiger partial charge in [-0.2, -0.15) is 0 Å². The lowest BCUT2D eigenvalue weighted by Crippen LogP contribution is -1.77. The van der Waals surface area contributed by atoms with Crippen molar-refractivity contribution < 1.29 is 0 Å². The maximum Gasteiger partial charge on any atom is 0.138 e. The molecule has 0 amide bonds. The highest BCUT2D eigenvalue weighted by Crippen LogP contribution is 2.28. The fourth-order valence-corrected chi connectivity index (χ4v) is 2.73. The third kappa shape index (κ3) is 3.12. The molecule has 2 N–H and O–H groups in total. The normalized spacial score (nSPS) is 10.6. The fourth-order valence-electron chi connectivity index (χ4n) is 1.86. The summed E-state index contributed by atoms with van der Waals surface area (Å²) in [4.78, 5) is 14.2. The van der Waals surface area contributed by atoms with Crippen LogP contribution in [0.25, 0.3) is 22.1 Å². The highest BCUT2D eigenvalue weighted by molar-refractivity contribution is 9.10. The molecule has 0 saturated carbocycles. The topological polar surface area (TPSA) is 57.4 Å². The Morgan fingerprint density at radius 3 is 2.52 bits per heavy atom. The van der Waals surface area contributed by atoms with Crippen molar-refractivity contribution in [1.29, 1.82) is 0 Å². The summed E-state index contributed by atoms with van der Waals surface area (Å²) in [5, 5.41) is 2.78. The van der Waals surface area contributed by atoms with E-state index in [2.05, 4.69) is 51.8 Å². The van der Waals surface area contributed by atoms with Crippen LogP contribution in [0.4, 0.5) is 0 Å². The summed E-state index contributed by atoms with van der Waals surface area (Å²) in [6, 6.07) is 5.92. The number of rotatable bonds is 0. The number of H-pyrrole nitrogens is 2. The minimum atomic E-state index is 0.705. The Labute approximate surface area is 142 Å². The zero-order valence-corrected chi connectivity index (χ0v) is 14.5. The number of aromatic nitrogens is 4. The Morgan fingerprint density at radius 1 is 0.952 bits per heavy atom. The molecule has 0 aliphatic rings. The average molecular weight is 429 g/mol. The highest BCUT2D eigenvalue weighted by atomic mass is 79.9. The van der Waals surface area contributed by atoms with Crippen LogP contribution in [0.1, 0.15) is 0 Å². The molecule has 4 nitrogen and oxygen atoms in total. The van der Waals surface area contributed by atoms with Gasteiger partial charge in [0.25, 0.3) is 0 Å². The molecule has 0 aliphatic heterocycles. The van der Waals surface area contributed by atoms with E-state index < -0.39 is 0 Å². The second-order valence-electron chi connectivity index (χ2n) is 4.23. The van der Waals surface area contributed by atoms with Gasteiger partial charge in [0, 0.05) is 40.0 Å². The van der Waals surface area contributed by atoms with E-state index in [0.717, 1.165) is 31.0 Å². The Hall–Kier alpha value is -1.37. The second-order valence-corrected chi connectivity index (χ2v) is 6.38. The summed E-state index contributed by atoms with van der Waals surface area (Å²) in [7, 11) is 0. The first-order chi connectivity index (χ1) is 10.1. The van der Waals surface area contributed by atoms with E-state index in [4.69, 9.17) is 11.6 Å². The van der Waals surface area contributed by atoms with Gasteiger partial charge in [-0.25, -0.2) is 9.97 Å². The Morgan fingerprint density at radius 2 is 1.67 bits per heavy atom. The van der Waals surface area contributed by atoms with Gasteiger partial charge in [-0.05, 0) is 50.1 Å². The molecular weight excluding hydrogens is 419 g/mol. The number of hydrogen-bond donors (Lipinski definition) is 2. The summed E-state index contributed by atoms with van der Waals surface area (Å²) in [6.07, 6.45) is 7.15. The van der Waals surface area contributed by atoms with Gasteiger partial charge < -0.3 is 9.97 Å². The van der Waals surface area contributed by atoms with E-state index in [1.165, 1.54) is 0 Å². The van der Waals surface area contributed by atoms with Crippen LogP contribution in [0.3, 0.4) is 0 Å². The smallest absolute Gasteiger partial charge is 0.138 e. The van der Waals surface area contributed by atoms with Crippen LogP contribution in [-0.4, -0.2) is 19.9 Å². The van der Waals surface area contributed by atoms with Crippen LogP contribution in [0.15, 0.2) is 51.9 Å². The molecule has 0 bridgehead atoms. The van der Waals surface area contributed by atoms with Crippen LogP contribution >= 0.6 is 43.5 Å². The van der Waals surface area contributed by atoms with Gasteiger partial charge in [0.1, 0.15) is 11.3 Å². The SMILES string of the molecule is Brc1cnc2[nH]ccc2c1.Clc1c(Br)cnc2[nH]ccc12. The average Bonchev–Trinajstić information content (AvgIpc) is 3.12. The zero-order chi connectivity index (χ0) is 14.8. The van der Waals surface area contributed by atoms with Crippen molar-refractivity contribution in [2.75, 3.05) is 0 Å². The van der Waals surface area contributed by atoms with Crippen LogP contribution < -0.4 is 0 Å². The maximum absolute atomic E-state index is 5.96. The summed E-state index contributed by atoms with van der Waals surface area (Å²) >= 11 is 12.6. The van der Waals surface area contributed by atoms with Crippen LogP contribution in [-0.2, 0) is 0 Å². The van der Waals surface area contributed by atoms with Gasteiger partial charge in [-0.1, -0.05) is 11.6 Å². The Bertz CT molecular complexity index is 900. The molecule has 0 atom stereocenters. The van der Waals surface area contributed by atoms with Gasteiger partial charge in [0.2, 0.25) is 0 Å². The highest BCUT2D eigenvalue weighted by Gasteiger charge is 2.03. The molecule has 4 rings (SSSR count). The molecule has 0 unspecified atom stereocenters. The van der Waals surface area contributed by atoms with Crippen LogP contribution in [0, 0.1) is 0 Å². The first kappa shape index (κ1) is 14.6. The summed E-state index contributed by atoms with van der Waals surface area (Å²) < 4.78 is 1.84. The van der Waals surface area contributed by atoms with Gasteiger partial charge in [0.05, 0.1) is 9.50 Å². The van der Waals surface area contributed by atoms with Gasteiger partial charge in [0.15, 0.2) is 0 Å². The van der Waals surface area contributed by atoms with Gasteiger partial charge in [-0.15, -0.1) is 0 Å². The molecule has 0 aliphatic carbocycles. The molecule has 4 aromatic rings. The van der Waals surface area contributed by atoms with Crippen molar-refractivity contribution in [1.82, 2.24) is 19.9 Å². The Balaban J connectivity index is 0.000000126. The molecule has 4 heterocycles. The molecular formula is C14H9Br2ClN4. The van der Waals surface area contributed by atoms with E-state index in [0.29, 0.717) is 5.02 Å². The minimum Gasteiger partial charge on any atom is -0.346 e. The number of hydrogen-bond acceptors (Lipinski definition) is 2. The lowest BCUT2D eigenvalue weighted by Gasteiger charge is -1.94. The van der Waals surface area contributed by atoms with Gasteiger partial charge in [-0.3, -0.25) is 0 Å². The van der Waals surface area contributed by atoms with Crippen molar-refractivity contribution in [2.45, 2.75) is 0 Å². The summed E-state index contributed by atoms with van der Waals surface area (Å²) in [5.74, 6) is 0. The molecule has 4 aromatic heterocycles. The molecule has 0 saturated heterocycles. The van der Waals surface area contributed by atoms with Crippen LogP contribution in [0.2, 0.25) is 5.02 Å². The third-order valence-electron chi connectivity index (χ3n) is 2.85. The first-order valence-electron chi connectivity index (χ1n) is 6.01. The van der Waals surface area contributed by atoms with E-state index in [1.54, 1.807) is 12.4 Å². The third-order valence-corrected chi connectivity index (χ3v) is 4.52. The standard InChI is InChI=1S/C7H4BrClN2.C7H5BrN2/c8-5-3-11-7-4(6(5)9)1-2-10-7;8-6-3-5-1-2-9-7(5)10-4-6/h1-3H,(H,10,11);1-4H,(H,9,10). The molecule has 7 heteroatoms. The second kappa shape index (κ2) is 6.17. The van der Waals surface area contributed by atoms with E-state index in [-0.39, 0.29) is 0 Å². The zero-order valence-electron chi connectivity index (χ0n) is 10.6. The van der Waals surface area contributed by atoms with E-state index in [9.17, 15) is 0 Å². The molecule has 0 radical (unpaired) electrons. The molecule has 0 fully saturated rings. The molecule has 0 aromatic carbocycles. The number of halogens is 3. The fraction of sp³-hybridized carbons (Fsp3) is 0. The van der Waals surface area contributed by atoms with Crippen molar-refractivity contribution in [2.24, 2.45) is 0 Å². The number of pyridine rings is 2. The summed E-state index contributed by atoms with van der Waals surface area (Å²) in [5.41, 5.74) is 1.75. The predicted octanol–water partition coefficient (Wildman–Crippen LogP) is 5.30. The predicted molar refractivity (Wildman–Crippen MR) is 92.6 cm³/mol. The van der Waals surface area contributed by atoms with E-state index in [1.807, 2.05) is 30.6 Å². The van der Waals surface area contributed by atoms with Crippen molar-refractivity contribution in [3.8, 4) is 0 Å². The molecule has 0 spiro atoms. The van der Waals surface area contributed by atoms with Crippen molar-refractivity contribution >= 4 is 65.5 Å². The number of fused-ring (bicyclic) bond motifs is 2. The minimum absolute atomic E-state index is 0.705. The number of nitrogens with zero attached hydrogens (tertiary/aromatic N) is 2. The number of aromatic amines is 2. The van der Waals surface area contributed by atoms with Crippen molar-refractivity contribution in [3.05, 3.63) is 57.0 Å².